The SMILES string of the molecule is CN1CCN(c2cc(C(=O)N(C)c3ccccc3)ncn2)CC1. The Morgan fingerprint density at radius 3 is 2.48 bits per heavy atom. The second kappa shape index (κ2) is 6.75. The summed E-state index contributed by atoms with van der Waals surface area (Å²) in [6.45, 7) is 3.82. The summed E-state index contributed by atoms with van der Waals surface area (Å²) in [6.07, 6.45) is 1.47. The minimum Gasteiger partial charge on any atom is -0.354 e. The van der Waals surface area contributed by atoms with Crippen molar-refractivity contribution in [2.75, 3.05) is 50.1 Å². The average molecular weight is 311 g/mol. The average Bonchev–Trinajstić information content (AvgIpc) is 2.62. The molecule has 2 heterocycles. The van der Waals surface area contributed by atoms with Gasteiger partial charge in [0.25, 0.3) is 5.91 Å². The predicted octanol–water partition coefficient (Wildman–Crippen LogP) is 1.50. The van der Waals surface area contributed by atoms with Gasteiger partial charge in [-0.15, -0.1) is 0 Å². The number of carbonyl (C=O) groups is 1. The molecular weight excluding hydrogens is 290 g/mol. The van der Waals surface area contributed by atoms with Crippen LogP contribution in [-0.4, -0.2) is 61.0 Å². The summed E-state index contributed by atoms with van der Waals surface area (Å²) in [4.78, 5) is 27.2. The van der Waals surface area contributed by atoms with Crippen molar-refractivity contribution < 1.29 is 4.79 Å². The zero-order valence-electron chi connectivity index (χ0n) is 13.5. The number of amides is 1. The second-order valence-electron chi connectivity index (χ2n) is 5.75. The highest BCUT2D eigenvalue weighted by molar-refractivity contribution is 6.04. The topological polar surface area (TPSA) is 52.6 Å². The lowest BCUT2D eigenvalue weighted by atomic mass is 10.2. The van der Waals surface area contributed by atoms with E-state index in [2.05, 4.69) is 26.8 Å². The van der Waals surface area contributed by atoms with Crippen molar-refractivity contribution in [2.24, 2.45) is 0 Å². The minimum atomic E-state index is -0.131. The second-order valence-corrected chi connectivity index (χ2v) is 5.75. The maximum atomic E-state index is 12.6. The number of nitrogens with zero attached hydrogens (tertiary/aromatic N) is 5. The van der Waals surface area contributed by atoms with Crippen molar-refractivity contribution in [2.45, 2.75) is 0 Å². The van der Waals surface area contributed by atoms with Gasteiger partial charge in [0, 0.05) is 45.0 Å². The minimum absolute atomic E-state index is 0.131. The fraction of sp³-hybridized carbons (Fsp3) is 0.353. The number of rotatable bonds is 3. The third-order valence-corrected chi connectivity index (χ3v) is 4.15. The number of piperazine rings is 1. The summed E-state index contributed by atoms with van der Waals surface area (Å²) in [5.41, 5.74) is 1.26. The Morgan fingerprint density at radius 1 is 1.09 bits per heavy atom. The fourth-order valence-corrected chi connectivity index (χ4v) is 2.61. The molecule has 0 spiro atoms. The highest BCUT2D eigenvalue weighted by atomic mass is 16.2. The van der Waals surface area contributed by atoms with Crippen LogP contribution < -0.4 is 9.80 Å². The molecule has 1 saturated heterocycles. The van der Waals surface area contributed by atoms with Gasteiger partial charge in [-0.2, -0.15) is 0 Å². The van der Waals surface area contributed by atoms with Gasteiger partial charge in [0.2, 0.25) is 0 Å². The molecule has 0 aliphatic carbocycles. The number of hydrogen-bond donors (Lipinski definition) is 0. The van der Waals surface area contributed by atoms with E-state index in [0.29, 0.717) is 5.69 Å². The molecule has 1 aromatic carbocycles. The van der Waals surface area contributed by atoms with Crippen molar-refractivity contribution >= 4 is 17.4 Å². The molecule has 0 saturated carbocycles. The van der Waals surface area contributed by atoms with Crippen LogP contribution in [0.15, 0.2) is 42.7 Å². The van der Waals surface area contributed by atoms with Gasteiger partial charge in [-0.1, -0.05) is 18.2 Å². The molecule has 1 aromatic heterocycles. The van der Waals surface area contributed by atoms with Gasteiger partial charge in [0.15, 0.2) is 0 Å². The Balaban J connectivity index is 1.78. The lowest BCUT2D eigenvalue weighted by Crippen LogP contribution is -2.45. The predicted molar refractivity (Wildman–Crippen MR) is 90.9 cm³/mol. The molecule has 1 aliphatic heterocycles. The Hall–Kier alpha value is -2.47. The van der Waals surface area contributed by atoms with E-state index in [9.17, 15) is 4.79 Å². The number of benzene rings is 1. The Morgan fingerprint density at radius 2 is 1.78 bits per heavy atom. The van der Waals surface area contributed by atoms with Crippen molar-refractivity contribution in [3.8, 4) is 0 Å². The quantitative estimate of drug-likeness (QED) is 0.860. The first-order chi connectivity index (χ1) is 11.1. The van der Waals surface area contributed by atoms with Crippen LogP contribution in [0.5, 0.6) is 0 Å². The van der Waals surface area contributed by atoms with E-state index in [-0.39, 0.29) is 5.91 Å². The van der Waals surface area contributed by atoms with Crippen molar-refractivity contribution in [3.63, 3.8) is 0 Å². The number of carbonyl (C=O) groups excluding carboxylic acids is 1. The van der Waals surface area contributed by atoms with E-state index in [1.807, 2.05) is 30.3 Å². The highest BCUT2D eigenvalue weighted by Gasteiger charge is 2.19. The van der Waals surface area contributed by atoms with Crippen LogP contribution in [0, 0.1) is 0 Å². The number of para-hydroxylation sites is 1. The summed E-state index contributed by atoms with van der Waals surface area (Å²) in [5, 5.41) is 0. The molecule has 3 rings (SSSR count). The van der Waals surface area contributed by atoms with Gasteiger partial charge in [-0.05, 0) is 19.2 Å². The highest BCUT2D eigenvalue weighted by Crippen LogP contribution is 2.17. The molecule has 23 heavy (non-hydrogen) atoms. The third-order valence-electron chi connectivity index (χ3n) is 4.15. The maximum Gasteiger partial charge on any atom is 0.276 e. The Kier molecular flexibility index (Phi) is 4.52. The Labute approximate surface area is 136 Å². The summed E-state index contributed by atoms with van der Waals surface area (Å²) in [6, 6.07) is 11.3. The van der Waals surface area contributed by atoms with Gasteiger partial charge >= 0.3 is 0 Å². The van der Waals surface area contributed by atoms with Gasteiger partial charge in [-0.3, -0.25) is 4.79 Å². The van der Waals surface area contributed by atoms with Crippen molar-refractivity contribution in [1.29, 1.82) is 0 Å². The zero-order chi connectivity index (χ0) is 16.2. The first kappa shape index (κ1) is 15.4. The maximum absolute atomic E-state index is 12.6. The van der Waals surface area contributed by atoms with Crippen LogP contribution in [0.1, 0.15) is 10.5 Å². The fourth-order valence-electron chi connectivity index (χ4n) is 2.61. The molecule has 120 valence electrons. The van der Waals surface area contributed by atoms with E-state index in [4.69, 9.17) is 0 Å². The van der Waals surface area contributed by atoms with Crippen molar-refractivity contribution in [3.05, 3.63) is 48.4 Å². The van der Waals surface area contributed by atoms with Gasteiger partial charge < -0.3 is 14.7 Å². The number of aromatic nitrogens is 2. The number of anilines is 2. The summed E-state index contributed by atoms with van der Waals surface area (Å²) < 4.78 is 0. The molecule has 1 fully saturated rings. The van der Waals surface area contributed by atoms with Gasteiger partial charge in [0.05, 0.1) is 0 Å². The molecule has 0 bridgehead atoms. The Bertz CT molecular complexity index is 668. The van der Waals surface area contributed by atoms with E-state index in [0.717, 1.165) is 37.7 Å². The van der Waals surface area contributed by atoms with Crippen LogP contribution in [-0.2, 0) is 0 Å². The van der Waals surface area contributed by atoms with Crippen LogP contribution in [0.4, 0.5) is 11.5 Å². The van der Waals surface area contributed by atoms with Crippen molar-refractivity contribution in [1.82, 2.24) is 14.9 Å². The number of hydrogen-bond acceptors (Lipinski definition) is 5. The molecule has 6 heteroatoms. The van der Waals surface area contributed by atoms with E-state index in [1.165, 1.54) is 6.33 Å². The van der Waals surface area contributed by atoms with Crippen LogP contribution >= 0.6 is 0 Å². The molecule has 0 unspecified atom stereocenters. The zero-order valence-corrected chi connectivity index (χ0v) is 13.5. The van der Waals surface area contributed by atoms with Crippen LogP contribution in [0.3, 0.4) is 0 Å². The first-order valence-corrected chi connectivity index (χ1v) is 7.74. The molecule has 6 nitrogen and oxygen atoms in total. The third kappa shape index (κ3) is 3.48. The van der Waals surface area contributed by atoms with E-state index < -0.39 is 0 Å². The standard InChI is InChI=1S/C17H21N5O/c1-20-8-10-22(11-9-20)16-12-15(18-13-19-16)17(23)21(2)14-6-4-3-5-7-14/h3-7,12-13H,8-11H2,1-2H3. The van der Waals surface area contributed by atoms with Gasteiger partial charge in [0.1, 0.15) is 17.8 Å². The van der Waals surface area contributed by atoms with E-state index >= 15 is 0 Å². The van der Waals surface area contributed by atoms with E-state index in [1.54, 1.807) is 18.0 Å². The lowest BCUT2D eigenvalue weighted by molar-refractivity contribution is 0.0988. The molecule has 0 atom stereocenters. The van der Waals surface area contributed by atoms with Gasteiger partial charge in [-0.25, -0.2) is 9.97 Å². The molecule has 2 aromatic rings. The normalized spacial score (nSPS) is 15.5. The summed E-state index contributed by atoms with van der Waals surface area (Å²) >= 11 is 0. The smallest absolute Gasteiger partial charge is 0.276 e. The number of likely N-dealkylation sites (N-methyl/N-ethyl adjacent to an activating group) is 1. The van der Waals surface area contributed by atoms with Crippen LogP contribution in [0.2, 0.25) is 0 Å². The summed E-state index contributed by atoms with van der Waals surface area (Å²) in [5.74, 6) is 0.687. The first-order valence-electron chi connectivity index (χ1n) is 7.74. The molecule has 0 radical (unpaired) electrons. The largest absolute Gasteiger partial charge is 0.354 e. The van der Waals surface area contributed by atoms with Crippen LogP contribution in [0.25, 0.3) is 0 Å². The molecule has 1 amide bonds. The monoisotopic (exact) mass is 311 g/mol. The lowest BCUT2D eigenvalue weighted by Gasteiger charge is -2.33. The molecule has 0 N–H and O–H groups in total. The summed E-state index contributed by atoms with van der Waals surface area (Å²) in [7, 11) is 3.87. The molecular formula is C17H21N5O. The molecule has 1 aliphatic rings.